The summed E-state index contributed by atoms with van der Waals surface area (Å²) in [4.78, 5) is 2.48. The second-order valence-electron chi connectivity index (χ2n) is 6.70. The van der Waals surface area contributed by atoms with Gasteiger partial charge in [0.15, 0.2) is 0 Å². The van der Waals surface area contributed by atoms with E-state index in [1.54, 1.807) is 0 Å². The van der Waals surface area contributed by atoms with E-state index in [9.17, 15) is 0 Å². The Labute approximate surface area is 134 Å². The number of nitrogens with zero attached hydrogens (tertiary/aromatic N) is 1. The first-order valence-corrected chi connectivity index (χ1v) is 8.55. The fourth-order valence-corrected chi connectivity index (χ4v) is 4.08. The van der Waals surface area contributed by atoms with Crippen LogP contribution in [0.15, 0.2) is 24.3 Å². The summed E-state index contributed by atoms with van der Waals surface area (Å²) in [6.07, 6.45) is 6.82. The van der Waals surface area contributed by atoms with Gasteiger partial charge in [-0.2, -0.15) is 0 Å². The Morgan fingerprint density at radius 3 is 2.52 bits per heavy atom. The summed E-state index contributed by atoms with van der Waals surface area (Å²) in [7, 11) is 4.31. The van der Waals surface area contributed by atoms with Gasteiger partial charge in [-0.1, -0.05) is 49.1 Å². The molecule has 1 aliphatic carbocycles. The molecule has 1 unspecified atom stereocenters. The van der Waals surface area contributed by atoms with Gasteiger partial charge in [0.25, 0.3) is 0 Å². The van der Waals surface area contributed by atoms with Crippen LogP contribution in [0.5, 0.6) is 0 Å². The molecule has 0 spiro atoms. The van der Waals surface area contributed by atoms with Crippen LogP contribution in [0.2, 0.25) is 5.02 Å². The molecule has 21 heavy (non-hydrogen) atoms. The van der Waals surface area contributed by atoms with Gasteiger partial charge in [-0.25, -0.2) is 0 Å². The van der Waals surface area contributed by atoms with Crippen molar-refractivity contribution in [2.24, 2.45) is 5.41 Å². The van der Waals surface area contributed by atoms with Gasteiger partial charge in [-0.15, -0.1) is 0 Å². The summed E-state index contributed by atoms with van der Waals surface area (Å²) in [5.41, 5.74) is 1.66. The molecule has 1 saturated carbocycles. The Kier molecular flexibility index (Phi) is 6.09. The lowest BCUT2D eigenvalue weighted by Gasteiger charge is -2.42. The normalized spacial score (nSPS) is 19.7. The standard InChI is InChI=1S/C18H29ClN2/c1-15(16-9-5-6-10-17(16)19)21(3)14-18(13-20-2)11-7-4-8-12-18/h5-6,9-10,15,20H,4,7-8,11-14H2,1-3H3. The van der Waals surface area contributed by atoms with E-state index < -0.39 is 0 Å². The minimum absolute atomic E-state index is 0.356. The van der Waals surface area contributed by atoms with Crippen LogP contribution < -0.4 is 5.32 Å². The Bertz CT molecular complexity index is 435. The van der Waals surface area contributed by atoms with Crippen molar-refractivity contribution < 1.29 is 0 Å². The molecule has 2 rings (SSSR count). The highest BCUT2D eigenvalue weighted by Gasteiger charge is 2.33. The smallest absolute Gasteiger partial charge is 0.0453 e. The van der Waals surface area contributed by atoms with Gasteiger partial charge >= 0.3 is 0 Å². The van der Waals surface area contributed by atoms with Crippen molar-refractivity contribution in [3.63, 3.8) is 0 Å². The third-order valence-corrected chi connectivity index (χ3v) is 5.41. The number of rotatable bonds is 6. The molecule has 0 amide bonds. The lowest BCUT2D eigenvalue weighted by Crippen LogP contribution is -2.44. The molecule has 118 valence electrons. The van der Waals surface area contributed by atoms with Gasteiger partial charge < -0.3 is 5.32 Å². The minimum atomic E-state index is 0.356. The zero-order valence-corrected chi connectivity index (χ0v) is 14.4. The van der Waals surface area contributed by atoms with E-state index in [-0.39, 0.29) is 0 Å². The summed E-state index contributed by atoms with van der Waals surface area (Å²) in [6.45, 7) is 4.52. The average molecular weight is 309 g/mol. The van der Waals surface area contributed by atoms with E-state index in [0.29, 0.717) is 11.5 Å². The second-order valence-corrected chi connectivity index (χ2v) is 7.11. The van der Waals surface area contributed by atoms with E-state index in [2.05, 4.69) is 43.4 Å². The second kappa shape index (κ2) is 7.62. The molecule has 0 radical (unpaired) electrons. The van der Waals surface area contributed by atoms with Crippen LogP contribution in [0, 0.1) is 5.41 Å². The fourth-order valence-electron chi connectivity index (χ4n) is 3.78. The van der Waals surface area contributed by atoms with Crippen LogP contribution in [0.1, 0.15) is 50.6 Å². The zero-order chi connectivity index (χ0) is 15.3. The minimum Gasteiger partial charge on any atom is -0.319 e. The van der Waals surface area contributed by atoms with Crippen molar-refractivity contribution in [3.05, 3.63) is 34.9 Å². The van der Waals surface area contributed by atoms with Crippen LogP contribution in [0.3, 0.4) is 0 Å². The molecule has 0 bridgehead atoms. The maximum atomic E-state index is 6.36. The van der Waals surface area contributed by atoms with Crippen molar-refractivity contribution in [2.45, 2.75) is 45.1 Å². The summed E-state index contributed by atoms with van der Waals surface area (Å²) < 4.78 is 0. The number of nitrogens with one attached hydrogen (secondary N) is 1. The van der Waals surface area contributed by atoms with Gasteiger partial charge in [0.2, 0.25) is 0 Å². The van der Waals surface area contributed by atoms with Crippen LogP contribution in [-0.2, 0) is 0 Å². The predicted octanol–water partition coefficient (Wildman–Crippen LogP) is 4.50. The van der Waals surface area contributed by atoms with Gasteiger partial charge in [0, 0.05) is 24.2 Å². The topological polar surface area (TPSA) is 15.3 Å². The summed E-state index contributed by atoms with van der Waals surface area (Å²) in [5.74, 6) is 0. The zero-order valence-electron chi connectivity index (χ0n) is 13.7. The molecule has 1 aliphatic rings. The molecule has 2 nitrogen and oxygen atoms in total. The third kappa shape index (κ3) is 4.21. The third-order valence-electron chi connectivity index (χ3n) is 5.07. The lowest BCUT2D eigenvalue weighted by molar-refractivity contribution is 0.0989. The first-order valence-electron chi connectivity index (χ1n) is 8.17. The molecule has 3 heteroatoms. The molecule has 1 N–H and O–H groups in total. The largest absolute Gasteiger partial charge is 0.319 e. The van der Waals surface area contributed by atoms with Gasteiger partial charge in [-0.05, 0) is 50.9 Å². The van der Waals surface area contributed by atoms with Crippen molar-refractivity contribution in [1.29, 1.82) is 0 Å². The Morgan fingerprint density at radius 1 is 1.24 bits per heavy atom. The molecular formula is C18H29ClN2. The van der Waals surface area contributed by atoms with Crippen LogP contribution in [0.25, 0.3) is 0 Å². The number of benzene rings is 1. The molecule has 1 aromatic rings. The SMILES string of the molecule is CNCC1(CN(C)C(C)c2ccccc2Cl)CCCCC1. The van der Waals surface area contributed by atoms with Gasteiger partial charge in [-0.3, -0.25) is 4.90 Å². The quantitative estimate of drug-likeness (QED) is 0.832. The highest BCUT2D eigenvalue weighted by molar-refractivity contribution is 6.31. The van der Waals surface area contributed by atoms with E-state index in [4.69, 9.17) is 11.6 Å². The predicted molar refractivity (Wildman–Crippen MR) is 91.9 cm³/mol. The summed E-state index contributed by atoms with van der Waals surface area (Å²) >= 11 is 6.36. The molecular weight excluding hydrogens is 280 g/mol. The maximum Gasteiger partial charge on any atom is 0.0453 e. The van der Waals surface area contributed by atoms with Crippen molar-refractivity contribution in [2.75, 3.05) is 27.2 Å². The van der Waals surface area contributed by atoms with Gasteiger partial charge in [0.05, 0.1) is 0 Å². The molecule has 1 aromatic carbocycles. The van der Waals surface area contributed by atoms with Gasteiger partial charge in [0.1, 0.15) is 0 Å². The molecule has 0 saturated heterocycles. The van der Waals surface area contributed by atoms with Crippen LogP contribution >= 0.6 is 11.6 Å². The highest BCUT2D eigenvalue weighted by atomic mass is 35.5. The fraction of sp³-hybridized carbons (Fsp3) is 0.667. The monoisotopic (exact) mass is 308 g/mol. The number of hydrogen-bond acceptors (Lipinski definition) is 2. The summed E-state index contributed by atoms with van der Waals surface area (Å²) in [6, 6.07) is 8.58. The Balaban J connectivity index is 2.08. The molecule has 0 aliphatic heterocycles. The van der Waals surface area contributed by atoms with Crippen molar-refractivity contribution >= 4 is 11.6 Å². The van der Waals surface area contributed by atoms with E-state index >= 15 is 0 Å². The van der Waals surface area contributed by atoms with Crippen molar-refractivity contribution in [3.8, 4) is 0 Å². The Hall–Kier alpha value is -0.570. The molecule has 1 fully saturated rings. The average Bonchev–Trinajstić information content (AvgIpc) is 2.48. The molecule has 0 aromatic heterocycles. The van der Waals surface area contributed by atoms with Crippen molar-refractivity contribution in [1.82, 2.24) is 10.2 Å². The number of hydrogen-bond donors (Lipinski definition) is 1. The Morgan fingerprint density at radius 2 is 1.90 bits per heavy atom. The number of halogens is 1. The molecule has 0 heterocycles. The highest BCUT2D eigenvalue weighted by Crippen LogP contribution is 2.38. The summed E-state index contributed by atoms with van der Waals surface area (Å²) in [5, 5.41) is 4.30. The van der Waals surface area contributed by atoms with Crippen LogP contribution in [0.4, 0.5) is 0 Å². The maximum absolute atomic E-state index is 6.36. The molecule has 1 atom stereocenters. The van der Waals surface area contributed by atoms with Crippen LogP contribution in [-0.4, -0.2) is 32.1 Å². The first-order chi connectivity index (χ1) is 10.1. The first kappa shape index (κ1) is 16.8. The van der Waals surface area contributed by atoms with E-state index in [0.717, 1.165) is 18.1 Å². The lowest BCUT2D eigenvalue weighted by atomic mass is 9.73. The van der Waals surface area contributed by atoms with E-state index in [1.165, 1.54) is 37.7 Å². The van der Waals surface area contributed by atoms with E-state index in [1.807, 2.05) is 12.1 Å².